The third-order valence-electron chi connectivity index (χ3n) is 9.63. The van der Waals surface area contributed by atoms with Crippen LogP contribution in [-0.2, 0) is 12.4 Å². The molecule has 24 heteroatoms. The van der Waals surface area contributed by atoms with Crippen molar-refractivity contribution in [2.24, 2.45) is 0 Å². The second kappa shape index (κ2) is 18.9. The molecule has 66 heavy (non-hydrogen) atoms. The number of pyridine rings is 2. The number of H-pyrrole nitrogens is 2. The molecular formula is C42H30Cl2F8N14. The van der Waals surface area contributed by atoms with E-state index in [9.17, 15) is 35.1 Å². The van der Waals surface area contributed by atoms with Crippen molar-refractivity contribution in [3.05, 3.63) is 143 Å². The van der Waals surface area contributed by atoms with Crippen LogP contribution in [-0.4, -0.2) is 76.0 Å². The van der Waals surface area contributed by atoms with E-state index in [1.807, 2.05) is 0 Å². The average Bonchev–Trinajstić information content (AvgIpc) is 4.03. The Morgan fingerprint density at radius 1 is 0.515 bits per heavy atom. The lowest BCUT2D eigenvalue weighted by molar-refractivity contribution is -0.138. The molecule has 0 radical (unpaired) electrons. The highest BCUT2D eigenvalue weighted by Gasteiger charge is 2.32. The number of nitrogens with zero attached hydrogens (tertiary/aromatic N) is 10. The fourth-order valence-electron chi connectivity index (χ4n) is 6.51. The van der Waals surface area contributed by atoms with Crippen molar-refractivity contribution in [3.63, 3.8) is 0 Å². The van der Waals surface area contributed by atoms with Gasteiger partial charge in [-0.15, -0.1) is 0 Å². The number of hydrogen-bond acceptors (Lipinski definition) is 12. The van der Waals surface area contributed by atoms with Gasteiger partial charge in [0, 0.05) is 73.8 Å². The Hall–Kier alpha value is -7.46. The normalized spacial score (nSPS) is 11.7. The van der Waals surface area contributed by atoms with E-state index in [2.05, 4.69) is 40.5 Å². The van der Waals surface area contributed by atoms with E-state index < -0.39 is 35.1 Å². The van der Waals surface area contributed by atoms with Crippen LogP contribution in [0.1, 0.15) is 11.1 Å². The molecule has 14 nitrogen and oxygen atoms in total. The zero-order valence-electron chi connectivity index (χ0n) is 33.5. The van der Waals surface area contributed by atoms with Gasteiger partial charge >= 0.3 is 12.4 Å². The summed E-state index contributed by atoms with van der Waals surface area (Å²) >= 11 is 13.2. The van der Waals surface area contributed by atoms with Gasteiger partial charge in [-0.2, -0.15) is 26.3 Å². The van der Waals surface area contributed by atoms with Gasteiger partial charge in [0.1, 0.15) is 34.9 Å². The fourth-order valence-corrected chi connectivity index (χ4v) is 7.02. The summed E-state index contributed by atoms with van der Waals surface area (Å²) in [5.74, 6) is -0.477. The lowest BCUT2D eigenvalue weighted by Crippen LogP contribution is -2.49. The highest BCUT2D eigenvalue weighted by atomic mass is 35.5. The number of benzene rings is 2. The van der Waals surface area contributed by atoms with Crippen molar-refractivity contribution in [3.8, 4) is 45.3 Å². The molecular weight excluding hydrogens is 923 g/mol. The van der Waals surface area contributed by atoms with Gasteiger partial charge in [0.15, 0.2) is 0 Å². The summed E-state index contributed by atoms with van der Waals surface area (Å²) in [6.07, 6.45) is 1.15. The van der Waals surface area contributed by atoms with E-state index in [1.165, 1.54) is 59.1 Å². The Labute approximate surface area is 378 Å². The second-order valence-corrected chi connectivity index (χ2v) is 14.8. The van der Waals surface area contributed by atoms with E-state index in [-0.39, 0.29) is 82.3 Å². The van der Waals surface area contributed by atoms with Crippen LogP contribution in [0.2, 0.25) is 10.0 Å². The molecule has 6 aromatic heterocycles. The maximum Gasteiger partial charge on any atom is 0.417 e. The minimum Gasteiger partial charge on any atom is -0.368 e. The Morgan fingerprint density at radius 3 is 1.27 bits per heavy atom. The maximum absolute atomic E-state index is 14.4. The SMILES string of the molecule is Fc1ccc(-c2nc(N(CCNc3ccc(C(F)(F)F)cn3)N(CCNc3ccc(C(F)(F)F)cn3)c3ncc(-c4ncc[nH]4)c(-c4ccc(F)cc4Cl)n3)ncc2-c2ncc[nH]2)c(Cl)c1. The molecule has 8 rings (SSSR count). The molecule has 6 heterocycles. The molecule has 0 fully saturated rings. The molecule has 0 amide bonds. The largest absolute Gasteiger partial charge is 0.417 e. The summed E-state index contributed by atoms with van der Waals surface area (Å²) < 4.78 is 109. The monoisotopic (exact) mass is 952 g/mol. The molecule has 0 saturated carbocycles. The molecule has 0 unspecified atom stereocenters. The van der Waals surface area contributed by atoms with Gasteiger partial charge in [-0.3, -0.25) is 0 Å². The predicted molar refractivity (Wildman–Crippen MR) is 230 cm³/mol. The minimum atomic E-state index is -4.62. The zero-order valence-corrected chi connectivity index (χ0v) is 35.0. The van der Waals surface area contributed by atoms with Gasteiger partial charge in [0.2, 0.25) is 11.9 Å². The number of imidazole rings is 2. The summed E-state index contributed by atoms with van der Waals surface area (Å²) in [4.78, 5) is 41.8. The highest BCUT2D eigenvalue weighted by molar-refractivity contribution is 6.33. The molecule has 4 N–H and O–H groups in total. The number of halogens is 10. The molecule has 338 valence electrons. The number of nitrogens with one attached hydrogen (secondary N) is 4. The van der Waals surface area contributed by atoms with Gasteiger partial charge in [-0.1, -0.05) is 23.2 Å². The third-order valence-corrected chi connectivity index (χ3v) is 10.3. The summed E-state index contributed by atoms with van der Waals surface area (Å²) in [7, 11) is 0. The topological polar surface area (TPSA) is 165 Å². The Morgan fingerprint density at radius 2 is 0.939 bits per heavy atom. The van der Waals surface area contributed by atoms with E-state index in [0.717, 1.165) is 36.4 Å². The number of anilines is 4. The Bertz CT molecular complexity index is 2720. The second-order valence-electron chi connectivity index (χ2n) is 13.9. The summed E-state index contributed by atoms with van der Waals surface area (Å²) in [5.41, 5.74) is -0.232. The number of alkyl halides is 6. The van der Waals surface area contributed by atoms with Crippen molar-refractivity contribution in [2.45, 2.75) is 12.4 Å². The molecule has 0 spiro atoms. The van der Waals surface area contributed by atoms with Crippen LogP contribution in [0.25, 0.3) is 45.3 Å². The first-order chi connectivity index (χ1) is 31.6. The Balaban J connectivity index is 1.27. The van der Waals surface area contributed by atoms with Crippen LogP contribution in [0.15, 0.2) is 110 Å². The molecule has 8 aromatic rings. The number of rotatable bonds is 15. The van der Waals surface area contributed by atoms with Crippen molar-refractivity contribution in [1.29, 1.82) is 0 Å². The number of hydrogen-bond donors (Lipinski definition) is 4. The lowest BCUT2D eigenvalue weighted by atomic mass is 10.1. The van der Waals surface area contributed by atoms with Gasteiger partial charge in [-0.25, -0.2) is 58.7 Å². The number of aromatic amines is 2. The maximum atomic E-state index is 14.4. The van der Waals surface area contributed by atoms with E-state index in [1.54, 1.807) is 12.4 Å². The van der Waals surface area contributed by atoms with Gasteiger partial charge in [-0.05, 0) is 60.7 Å². The standard InChI is InChI=1S/C42H30Cl2F8N14/c43-31-17-25(45)3-5-27(31)35-29(37-55-9-10-56-37)21-61-39(63-35)65(15-13-53-33-7-1-23(19-59-33)41(47,48)49)66(16-14-54-34-8-2-24(20-60-34)42(50,51)52)40-62-22-30(38-57-11-12-58-38)36(64-40)28-6-4-26(46)18-32(28)44/h1-12,17-22H,13-16H2,(H,53,59)(H,54,60)(H,55,56)(H,57,58). The number of hydrazine groups is 1. The van der Waals surface area contributed by atoms with Gasteiger partial charge in [0.05, 0.1) is 56.8 Å². The van der Waals surface area contributed by atoms with Crippen LogP contribution < -0.4 is 20.7 Å². The van der Waals surface area contributed by atoms with Crippen molar-refractivity contribution < 1.29 is 35.1 Å². The van der Waals surface area contributed by atoms with Gasteiger partial charge in [0.25, 0.3) is 0 Å². The molecule has 2 aromatic carbocycles. The summed E-state index contributed by atoms with van der Waals surface area (Å²) in [5, 5.41) is 9.03. The van der Waals surface area contributed by atoms with E-state index in [4.69, 9.17) is 43.1 Å². The molecule has 0 bridgehead atoms. The molecule has 0 aliphatic carbocycles. The molecule has 0 atom stereocenters. The summed E-state index contributed by atoms with van der Waals surface area (Å²) in [6.45, 7) is -0.290. The molecule has 0 saturated heterocycles. The van der Waals surface area contributed by atoms with Crippen LogP contribution in [0.4, 0.5) is 58.7 Å². The van der Waals surface area contributed by atoms with Crippen LogP contribution >= 0.6 is 23.2 Å². The lowest BCUT2D eigenvalue weighted by Gasteiger charge is -2.35. The fraction of sp³-hybridized carbons (Fsp3) is 0.143. The van der Waals surface area contributed by atoms with Crippen LogP contribution in [0.3, 0.4) is 0 Å². The smallest absolute Gasteiger partial charge is 0.368 e. The van der Waals surface area contributed by atoms with Crippen molar-refractivity contribution in [1.82, 2.24) is 49.8 Å². The van der Waals surface area contributed by atoms with E-state index >= 15 is 0 Å². The predicted octanol–water partition coefficient (Wildman–Crippen LogP) is 10.2. The third kappa shape index (κ3) is 10.2. The average molecular weight is 954 g/mol. The number of aromatic nitrogens is 10. The Kier molecular flexibility index (Phi) is 13.0. The van der Waals surface area contributed by atoms with Crippen LogP contribution in [0.5, 0.6) is 0 Å². The molecule has 0 aliphatic rings. The zero-order chi connectivity index (χ0) is 46.6. The molecule has 0 aliphatic heterocycles. The van der Waals surface area contributed by atoms with Crippen molar-refractivity contribution >= 4 is 46.7 Å². The highest BCUT2D eigenvalue weighted by Crippen LogP contribution is 2.38. The van der Waals surface area contributed by atoms with Crippen molar-refractivity contribution in [2.75, 3.05) is 46.8 Å². The van der Waals surface area contributed by atoms with Gasteiger partial charge < -0.3 is 20.6 Å². The van der Waals surface area contributed by atoms with E-state index in [0.29, 0.717) is 35.2 Å². The summed E-state index contributed by atoms with van der Waals surface area (Å²) in [6, 6.07) is 11.5. The first kappa shape index (κ1) is 45.1. The first-order valence-corrected chi connectivity index (χ1v) is 20.1. The quantitative estimate of drug-likeness (QED) is 0.0569. The minimum absolute atomic E-state index is 0.00295. The van der Waals surface area contributed by atoms with Crippen LogP contribution in [0, 0.1) is 11.6 Å². The first-order valence-electron chi connectivity index (χ1n) is 19.4.